The van der Waals surface area contributed by atoms with Crippen LogP contribution in [0.25, 0.3) is 10.1 Å². The second-order valence-electron chi connectivity index (χ2n) is 4.06. The zero-order valence-corrected chi connectivity index (χ0v) is 10.9. The zero-order chi connectivity index (χ0) is 12.8. The van der Waals surface area contributed by atoms with Crippen molar-refractivity contribution in [3.8, 4) is 12.3 Å². The zero-order valence-electron chi connectivity index (χ0n) is 10.1. The molecule has 1 aromatic carbocycles. The highest BCUT2D eigenvalue weighted by molar-refractivity contribution is 7.17. The van der Waals surface area contributed by atoms with Gasteiger partial charge in [0.1, 0.15) is 0 Å². The number of unbranched alkanes of at least 4 members (excludes halogenated alkanes) is 2. The number of amides is 1. The fourth-order valence-corrected chi connectivity index (χ4v) is 2.74. The van der Waals surface area contributed by atoms with Crippen molar-refractivity contribution < 1.29 is 4.79 Å². The number of benzene rings is 1. The summed E-state index contributed by atoms with van der Waals surface area (Å²) >= 11 is 1.60. The standard InChI is InChI=1S/C15H15NOS/c1-2-3-4-7-10-16-15(17)13-11-18-14-9-6-5-8-12(13)14/h1,5-6,8-9,11H,3-4,7,10H2,(H,16,17). The van der Waals surface area contributed by atoms with Gasteiger partial charge in [0.2, 0.25) is 0 Å². The molecule has 2 nitrogen and oxygen atoms in total. The van der Waals surface area contributed by atoms with Gasteiger partial charge in [-0.25, -0.2) is 0 Å². The van der Waals surface area contributed by atoms with Crippen molar-refractivity contribution in [3.05, 3.63) is 35.2 Å². The Morgan fingerprint density at radius 1 is 1.33 bits per heavy atom. The SMILES string of the molecule is C#CCCCCNC(=O)c1csc2ccccc12. The molecule has 1 amide bonds. The third-order valence-electron chi connectivity index (χ3n) is 2.76. The van der Waals surface area contributed by atoms with Crippen LogP contribution in [-0.4, -0.2) is 12.5 Å². The molecule has 2 rings (SSSR count). The lowest BCUT2D eigenvalue weighted by atomic mass is 10.1. The van der Waals surface area contributed by atoms with E-state index in [0.717, 1.165) is 34.9 Å². The smallest absolute Gasteiger partial charge is 0.252 e. The Kier molecular flexibility index (Phi) is 4.38. The van der Waals surface area contributed by atoms with E-state index in [0.29, 0.717) is 6.54 Å². The summed E-state index contributed by atoms with van der Waals surface area (Å²) in [5.41, 5.74) is 0.771. The van der Waals surface area contributed by atoms with Gasteiger partial charge in [0.05, 0.1) is 5.56 Å². The monoisotopic (exact) mass is 257 g/mol. The largest absolute Gasteiger partial charge is 0.352 e. The van der Waals surface area contributed by atoms with Gasteiger partial charge in [-0.05, 0) is 18.9 Å². The van der Waals surface area contributed by atoms with Crippen molar-refractivity contribution in [2.75, 3.05) is 6.54 Å². The predicted octanol–water partition coefficient (Wildman–Crippen LogP) is 3.43. The summed E-state index contributed by atoms with van der Waals surface area (Å²) in [7, 11) is 0. The maximum atomic E-state index is 12.0. The molecule has 1 N–H and O–H groups in total. The summed E-state index contributed by atoms with van der Waals surface area (Å²) in [6.45, 7) is 0.685. The molecule has 0 fully saturated rings. The maximum Gasteiger partial charge on any atom is 0.252 e. The summed E-state index contributed by atoms with van der Waals surface area (Å²) in [6.07, 6.45) is 7.84. The molecular weight excluding hydrogens is 242 g/mol. The molecule has 0 aliphatic heterocycles. The number of nitrogens with one attached hydrogen (secondary N) is 1. The molecule has 0 radical (unpaired) electrons. The Labute approximate surface area is 111 Å². The van der Waals surface area contributed by atoms with E-state index in [4.69, 9.17) is 6.42 Å². The first kappa shape index (κ1) is 12.7. The van der Waals surface area contributed by atoms with Crippen LogP contribution in [-0.2, 0) is 0 Å². The topological polar surface area (TPSA) is 29.1 Å². The first-order valence-electron chi connectivity index (χ1n) is 6.01. The average Bonchev–Trinajstić information content (AvgIpc) is 2.82. The molecule has 0 atom stereocenters. The molecule has 0 bridgehead atoms. The molecule has 92 valence electrons. The van der Waals surface area contributed by atoms with E-state index in [9.17, 15) is 4.79 Å². The number of hydrogen-bond acceptors (Lipinski definition) is 2. The lowest BCUT2D eigenvalue weighted by molar-refractivity contribution is 0.0955. The van der Waals surface area contributed by atoms with E-state index in [-0.39, 0.29) is 5.91 Å². The third kappa shape index (κ3) is 2.91. The molecule has 0 aliphatic carbocycles. The van der Waals surface area contributed by atoms with Crippen LogP contribution >= 0.6 is 11.3 Å². The highest BCUT2D eigenvalue weighted by Gasteiger charge is 2.10. The van der Waals surface area contributed by atoms with Gasteiger partial charge in [-0.3, -0.25) is 4.79 Å². The normalized spacial score (nSPS) is 10.2. The van der Waals surface area contributed by atoms with Crippen LogP contribution in [0.1, 0.15) is 29.6 Å². The van der Waals surface area contributed by atoms with E-state index in [1.54, 1.807) is 11.3 Å². The molecule has 0 saturated carbocycles. The molecular formula is C15H15NOS. The number of terminal acetylenes is 1. The van der Waals surface area contributed by atoms with Crippen molar-refractivity contribution in [1.29, 1.82) is 0 Å². The van der Waals surface area contributed by atoms with Crippen molar-refractivity contribution in [2.45, 2.75) is 19.3 Å². The fourth-order valence-electron chi connectivity index (χ4n) is 1.80. The number of fused-ring (bicyclic) bond motifs is 1. The van der Waals surface area contributed by atoms with Crippen LogP contribution in [0.3, 0.4) is 0 Å². The van der Waals surface area contributed by atoms with Crippen LogP contribution in [0.15, 0.2) is 29.6 Å². The van der Waals surface area contributed by atoms with Crippen molar-refractivity contribution in [3.63, 3.8) is 0 Å². The van der Waals surface area contributed by atoms with E-state index in [1.165, 1.54) is 0 Å². The molecule has 0 spiro atoms. The molecule has 18 heavy (non-hydrogen) atoms. The number of thiophene rings is 1. The van der Waals surface area contributed by atoms with E-state index < -0.39 is 0 Å². The van der Waals surface area contributed by atoms with Crippen molar-refractivity contribution in [1.82, 2.24) is 5.32 Å². The van der Waals surface area contributed by atoms with Crippen molar-refractivity contribution >= 4 is 27.3 Å². The van der Waals surface area contributed by atoms with Gasteiger partial charge in [0.25, 0.3) is 5.91 Å². The van der Waals surface area contributed by atoms with E-state index in [1.807, 2.05) is 29.6 Å². The van der Waals surface area contributed by atoms with Gasteiger partial charge < -0.3 is 5.32 Å². The van der Waals surface area contributed by atoms with Crippen LogP contribution in [0, 0.1) is 12.3 Å². The van der Waals surface area contributed by atoms with E-state index >= 15 is 0 Å². The van der Waals surface area contributed by atoms with Gasteiger partial charge in [-0.2, -0.15) is 0 Å². The highest BCUT2D eigenvalue weighted by atomic mass is 32.1. The van der Waals surface area contributed by atoms with E-state index in [2.05, 4.69) is 11.2 Å². The molecule has 0 unspecified atom stereocenters. The average molecular weight is 257 g/mol. The Bertz CT molecular complexity index is 579. The van der Waals surface area contributed by atoms with Crippen LogP contribution < -0.4 is 5.32 Å². The maximum absolute atomic E-state index is 12.0. The van der Waals surface area contributed by atoms with Crippen molar-refractivity contribution in [2.24, 2.45) is 0 Å². The second kappa shape index (κ2) is 6.23. The highest BCUT2D eigenvalue weighted by Crippen LogP contribution is 2.25. The molecule has 1 heterocycles. The predicted molar refractivity (Wildman–Crippen MR) is 76.8 cm³/mol. The fraction of sp³-hybridized carbons (Fsp3) is 0.267. The first-order valence-corrected chi connectivity index (χ1v) is 6.89. The second-order valence-corrected chi connectivity index (χ2v) is 4.97. The van der Waals surface area contributed by atoms with Gasteiger partial charge in [-0.1, -0.05) is 18.2 Å². The number of carbonyl (C=O) groups excluding carboxylic acids is 1. The number of rotatable bonds is 5. The lowest BCUT2D eigenvalue weighted by Crippen LogP contribution is -2.24. The summed E-state index contributed by atoms with van der Waals surface area (Å²) in [6, 6.07) is 7.96. The minimum atomic E-state index is 0.00755. The molecule has 3 heteroatoms. The molecule has 0 aliphatic rings. The minimum Gasteiger partial charge on any atom is -0.352 e. The summed E-state index contributed by atoms with van der Waals surface area (Å²) in [5.74, 6) is 2.60. The minimum absolute atomic E-state index is 0.00755. The van der Waals surface area contributed by atoms with Gasteiger partial charge >= 0.3 is 0 Å². The Balaban J connectivity index is 1.95. The Morgan fingerprint density at radius 3 is 3.00 bits per heavy atom. The molecule has 2 aromatic rings. The summed E-state index contributed by atoms with van der Waals surface area (Å²) in [5, 5.41) is 5.88. The molecule has 1 aromatic heterocycles. The first-order chi connectivity index (χ1) is 8.83. The number of hydrogen-bond donors (Lipinski definition) is 1. The van der Waals surface area contributed by atoms with Crippen LogP contribution in [0.5, 0.6) is 0 Å². The summed E-state index contributed by atoms with van der Waals surface area (Å²) in [4.78, 5) is 12.0. The third-order valence-corrected chi connectivity index (χ3v) is 3.72. The Hall–Kier alpha value is -1.79. The molecule has 0 saturated heterocycles. The van der Waals surface area contributed by atoms with Gasteiger partial charge in [0, 0.05) is 28.4 Å². The van der Waals surface area contributed by atoms with Gasteiger partial charge in [0.15, 0.2) is 0 Å². The van der Waals surface area contributed by atoms with Crippen LogP contribution in [0.2, 0.25) is 0 Å². The number of carbonyl (C=O) groups is 1. The quantitative estimate of drug-likeness (QED) is 0.645. The lowest BCUT2D eigenvalue weighted by Gasteiger charge is -2.03. The van der Waals surface area contributed by atoms with Crippen LogP contribution in [0.4, 0.5) is 0 Å². The Morgan fingerprint density at radius 2 is 2.17 bits per heavy atom. The summed E-state index contributed by atoms with van der Waals surface area (Å²) < 4.78 is 1.15. The van der Waals surface area contributed by atoms with Gasteiger partial charge in [-0.15, -0.1) is 23.7 Å².